The van der Waals surface area contributed by atoms with Crippen molar-refractivity contribution in [1.29, 1.82) is 0 Å². The summed E-state index contributed by atoms with van der Waals surface area (Å²) in [5.41, 5.74) is 1.00. The number of aromatic amines is 1. The van der Waals surface area contributed by atoms with E-state index in [9.17, 15) is 14.7 Å². The molecule has 3 aromatic rings. The number of H-pyrrole nitrogens is 1. The van der Waals surface area contributed by atoms with Gasteiger partial charge in [-0.05, 0) is 13.0 Å². The lowest BCUT2D eigenvalue weighted by Crippen LogP contribution is -2.30. The summed E-state index contributed by atoms with van der Waals surface area (Å²) in [6.45, 7) is 2.52. The van der Waals surface area contributed by atoms with Crippen LogP contribution in [0.1, 0.15) is 21.8 Å². The topological polar surface area (TPSA) is 99.4 Å². The van der Waals surface area contributed by atoms with E-state index in [2.05, 4.69) is 10.1 Å². The average Bonchev–Trinajstić information content (AvgIpc) is 3.21. The van der Waals surface area contributed by atoms with Crippen molar-refractivity contribution in [2.24, 2.45) is 5.92 Å². The molecule has 1 aliphatic heterocycles. The first-order valence-electron chi connectivity index (χ1n) is 8.53. The minimum Gasteiger partial charge on any atom is -0.391 e. The molecule has 7 heteroatoms. The maximum atomic E-state index is 13.0. The zero-order valence-corrected chi connectivity index (χ0v) is 14.3. The first-order valence-corrected chi connectivity index (χ1v) is 8.53. The molecule has 7 nitrogen and oxygen atoms in total. The normalized spacial score (nSPS) is 20.0. The van der Waals surface area contributed by atoms with Crippen molar-refractivity contribution in [1.82, 2.24) is 15.0 Å². The van der Waals surface area contributed by atoms with Crippen LogP contribution in [0.3, 0.4) is 0 Å². The standard InChI is InChI=1S/C19H19N3O4/c1-11-6-13(26-21-11)7-12-9-22(10-17(12)23)19(25)16-8-20-18(24)15-5-3-2-4-14(15)16/h2-6,8,12,17,23H,7,9-10H2,1H3,(H,20,24)/t12-,17-/m1/s1. The molecule has 0 bridgehead atoms. The highest BCUT2D eigenvalue weighted by molar-refractivity contribution is 6.06. The molecule has 2 atom stereocenters. The first-order chi connectivity index (χ1) is 12.5. The lowest BCUT2D eigenvalue weighted by Gasteiger charge is -2.17. The second-order valence-corrected chi connectivity index (χ2v) is 6.75. The first kappa shape index (κ1) is 16.5. The number of pyridine rings is 1. The van der Waals surface area contributed by atoms with Gasteiger partial charge in [0.1, 0.15) is 5.76 Å². The van der Waals surface area contributed by atoms with Crippen molar-refractivity contribution < 1.29 is 14.4 Å². The average molecular weight is 353 g/mol. The molecule has 1 fully saturated rings. The number of likely N-dealkylation sites (tertiary alicyclic amines) is 1. The molecule has 1 saturated heterocycles. The number of benzene rings is 1. The summed E-state index contributed by atoms with van der Waals surface area (Å²) in [5, 5.41) is 15.3. The van der Waals surface area contributed by atoms with Crippen molar-refractivity contribution in [2.45, 2.75) is 19.4 Å². The summed E-state index contributed by atoms with van der Waals surface area (Å²) in [6.07, 6.45) is 1.35. The van der Waals surface area contributed by atoms with Crippen LogP contribution in [-0.2, 0) is 6.42 Å². The quantitative estimate of drug-likeness (QED) is 0.743. The summed E-state index contributed by atoms with van der Waals surface area (Å²) in [4.78, 5) is 29.2. The summed E-state index contributed by atoms with van der Waals surface area (Å²) < 4.78 is 5.22. The molecule has 0 aliphatic carbocycles. The molecule has 0 spiro atoms. The van der Waals surface area contributed by atoms with Gasteiger partial charge in [-0.15, -0.1) is 0 Å². The molecule has 4 rings (SSSR count). The van der Waals surface area contributed by atoms with Gasteiger partial charge in [0, 0.05) is 48.5 Å². The van der Waals surface area contributed by atoms with Gasteiger partial charge < -0.3 is 19.5 Å². The number of fused-ring (bicyclic) bond motifs is 1. The summed E-state index contributed by atoms with van der Waals surface area (Å²) in [7, 11) is 0. The second-order valence-electron chi connectivity index (χ2n) is 6.75. The highest BCUT2D eigenvalue weighted by atomic mass is 16.5. The number of nitrogens with zero attached hydrogens (tertiary/aromatic N) is 2. The van der Waals surface area contributed by atoms with Gasteiger partial charge in [0.2, 0.25) is 0 Å². The maximum Gasteiger partial charge on any atom is 0.256 e. The third-order valence-electron chi connectivity index (χ3n) is 4.87. The summed E-state index contributed by atoms with van der Waals surface area (Å²) in [6, 6.07) is 8.86. The van der Waals surface area contributed by atoms with Gasteiger partial charge in [-0.25, -0.2) is 0 Å². The van der Waals surface area contributed by atoms with Gasteiger partial charge in [0.15, 0.2) is 0 Å². The van der Waals surface area contributed by atoms with Crippen LogP contribution in [0.5, 0.6) is 0 Å². The molecule has 1 amide bonds. The van der Waals surface area contributed by atoms with E-state index in [0.29, 0.717) is 35.1 Å². The van der Waals surface area contributed by atoms with Gasteiger partial charge in [0.25, 0.3) is 11.5 Å². The molecule has 3 heterocycles. The Morgan fingerprint density at radius 3 is 2.85 bits per heavy atom. The van der Waals surface area contributed by atoms with Crippen molar-refractivity contribution in [2.75, 3.05) is 13.1 Å². The highest BCUT2D eigenvalue weighted by Crippen LogP contribution is 2.25. The van der Waals surface area contributed by atoms with E-state index in [4.69, 9.17) is 4.52 Å². The molecule has 2 N–H and O–H groups in total. The lowest BCUT2D eigenvalue weighted by molar-refractivity contribution is 0.0766. The molecular weight excluding hydrogens is 334 g/mol. The predicted octanol–water partition coefficient (Wildman–Crippen LogP) is 1.50. The van der Waals surface area contributed by atoms with Crippen LogP contribution >= 0.6 is 0 Å². The Labute approximate surface area is 149 Å². The van der Waals surface area contributed by atoms with Crippen LogP contribution in [0.25, 0.3) is 10.8 Å². The lowest BCUT2D eigenvalue weighted by atomic mass is 10.0. The van der Waals surface area contributed by atoms with Crippen molar-refractivity contribution in [3.63, 3.8) is 0 Å². The molecule has 1 aromatic carbocycles. The van der Waals surface area contributed by atoms with Gasteiger partial charge >= 0.3 is 0 Å². The highest BCUT2D eigenvalue weighted by Gasteiger charge is 2.35. The molecule has 134 valence electrons. The molecular formula is C19H19N3O4. The fourth-order valence-electron chi connectivity index (χ4n) is 3.55. The number of rotatable bonds is 3. The number of carbonyl (C=O) groups is 1. The zero-order valence-electron chi connectivity index (χ0n) is 14.3. The monoisotopic (exact) mass is 353 g/mol. The van der Waals surface area contributed by atoms with Crippen LogP contribution < -0.4 is 5.56 Å². The SMILES string of the molecule is Cc1cc(C[C@@H]2CN(C(=O)c3c[nH]c(=O)c4ccccc34)C[C@H]2O)on1. The van der Waals surface area contributed by atoms with Crippen molar-refractivity contribution >= 4 is 16.7 Å². The van der Waals surface area contributed by atoms with E-state index in [0.717, 1.165) is 5.69 Å². The number of aliphatic hydroxyl groups is 1. The summed E-state index contributed by atoms with van der Waals surface area (Å²) in [5.74, 6) is 0.392. The Kier molecular flexibility index (Phi) is 4.08. The zero-order chi connectivity index (χ0) is 18.3. The Hall–Kier alpha value is -2.93. The largest absolute Gasteiger partial charge is 0.391 e. The molecule has 0 saturated carbocycles. The van der Waals surface area contributed by atoms with Gasteiger partial charge in [0.05, 0.1) is 17.4 Å². The van der Waals surface area contributed by atoms with Crippen LogP contribution in [0.2, 0.25) is 0 Å². The molecule has 0 radical (unpaired) electrons. The molecule has 0 unspecified atom stereocenters. The van der Waals surface area contributed by atoms with E-state index in [-0.39, 0.29) is 23.9 Å². The van der Waals surface area contributed by atoms with Crippen molar-refractivity contribution in [3.05, 3.63) is 63.9 Å². The molecule has 1 aliphatic rings. The minimum atomic E-state index is -0.626. The number of carbonyl (C=O) groups excluding carboxylic acids is 1. The fourth-order valence-corrected chi connectivity index (χ4v) is 3.55. The second kappa shape index (κ2) is 6.42. The van der Waals surface area contributed by atoms with E-state index in [1.807, 2.05) is 13.0 Å². The fraction of sp³-hybridized carbons (Fsp3) is 0.316. The Balaban J connectivity index is 1.58. The third-order valence-corrected chi connectivity index (χ3v) is 4.87. The predicted molar refractivity (Wildman–Crippen MR) is 94.9 cm³/mol. The number of hydrogen-bond donors (Lipinski definition) is 2. The maximum absolute atomic E-state index is 13.0. The molecule has 26 heavy (non-hydrogen) atoms. The van der Waals surface area contributed by atoms with Crippen LogP contribution in [0.15, 0.2) is 45.8 Å². The number of aliphatic hydroxyl groups excluding tert-OH is 1. The number of β-amino-alcohol motifs (C(OH)–C–C–N with tert-alkyl or cyclic N) is 1. The minimum absolute atomic E-state index is 0.111. The Bertz CT molecular complexity index is 1020. The number of aryl methyl sites for hydroxylation is 1. The number of amides is 1. The number of nitrogens with one attached hydrogen (secondary N) is 1. The van der Waals surface area contributed by atoms with Gasteiger partial charge in [-0.1, -0.05) is 23.4 Å². The van der Waals surface area contributed by atoms with E-state index in [1.165, 1.54) is 6.20 Å². The van der Waals surface area contributed by atoms with Gasteiger partial charge in [-0.3, -0.25) is 9.59 Å². The smallest absolute Gasteiger partial charge is 0.256 e. The third kappa shape index (κ3) is 2.90. The summed E-state index contributed by atoms with van der Waals surface area (Å²) >= 11 is 0. The van der Waals surface area contributed by atoms with Crippen LogP contribution in [0, 0.1) is 12.8 Å². The molecule has 2 aromatic heterocycles. The van der Waals surface area contributed by atoms with Crippen molar-refractivity contribution in [3.8, 4) is 0 Å². The Morgan fingerprint density at radius 1 is 1.35 bits per heavy atom. The van der Waals surface area contributed by atoms with E-state index < -0.39 is 6.10 Å². The number of hydrogen-bond acceptors (Lipinski definition) is 5. The van der Waals surface area contributed by atoms with Gasteiger partial charge in [-0.2, -0.15) is 0 Å². The number of aromatic nitrogens is 2. The van der Waals surface area contributed by atoms with E-state index >= 15 is 0 Å². The van der Waals surface area contributed by atoms with E-state index in [1.54, 1.807) is 29.2 Å². The van der Waals surface area contributed by atoms with Crippen LogP contribution in [-0.4, -0.2) is 45.2 Å². The Morgan fingerprint density at radius 2 is 2.12 bits per heavy atom. The van der Waals surface area contributed by atoms with Crippen LogP contribution in [0.4, 0.5) is 0 Å².